The first-order chi connectivity index (χ1) is 13.6. The zero-order valence-electron chi connectivity index (χ0n) is 16.2. The molecular weight excluding hydrogens is 372 g/mol. The van der Waals surface area contributed by atoms with Gasteiger partial charge in [-0.2, -0.15) is 0 Å². The maximum absolute atomic E-state index is 10.5. The van der Waals surface area contributed by atoms with Crippen molar-refractivity contribution in [3.63, 3.8) is 0 Å². The summed E-state index contributed by atoms with van der Waals surface area (Å²) in [6.07, 6.45) is 2.79. The summed E-state index contributed by atoms with van der Waals surface area (Å²) in [5, 5.41) is 22.1. The molecule has 0 saturated carbocycles. The largest absolute Gasteiger partial charge is 0.460 e. The van der Waals surface area contributed by atoms with Crippen molar-refractivity contribution in [1.29, 1.82) is 0 Å². The average molecular weight is 399 g/mol. The van der Waals surface area contributed by atoms with Gasteiger partial charge in [-0.15, -0.1) is 10.2 Å². The third kappa shape index (κ3) is 3.54. The van der Waals surface area contributed by atoms with E-state index in [1.165, 1.54) is 5.39 Å². The van der Waals surface area contributed by atoms with Gasteiger partial charge in [0.1, 0.15) is 16.4 Å². The maximum atomic E-state index is 10.5. The number of nitrogens with zero attached hydrogens (tertiary/aromatic N) is 4. The predicted octanol–water partition coefficient (Wildman–Crippen LogP) is 3.45. The number of rotatable bonds is 3. The normalized spacial score (nSPS) is 22.9. The number of likely N-dealkylation sites (tertiary alicyclic amines) is 1. The Kier molecular flexibility index (Phi) is 4.61. The molecule has 0 bridgehead atoms. The summed E-state index contributed by atoms with van der Waals surface area (Å²) in [4.78, 5) is 4.72. The fraction of sp³-hybridized carbons (Fsp3) is 0.524. The molecule has 2 fully saturated rings. The molecule has 3 aromatic rings. The van der Waals surface area contributed by atoms with E-state index in [0.717, 1.165) is 66.9 Å². The number of hydrogen-bond acceptors (Lipinski definition) is 7. The van der Waals surface area contributed by atoms with Crippen LogP contribution in [0.3, 0.4) is 0 Å². The van der Waals surface area contributed by atoms with Crippen LogP contribution in [0.1, 0.15) is 30.0 Å². The van der Waals surface area contributed by atoms with E-state index in [1.54, 1.807) is 11.3 Å². The van der Waals surface area contributed by atoms with Gasteiger partial charge in [-0.3, -0.25) is 4.90 Å². The van der Waals surface area contributed by atoms with Crippen LogP contribution in [0, 0.1) is 12.3 Å². The van der Waals surface area contributed by atoms with Crippen LogP contribution in [-0.2, 0) is 6.54 Å². The van der Waals surface area contributed by atoms with Gasteiger partial charge in [0, 0.05) is 18.5 Å². The lowest BCUT2D eigenvalue weighted by molar-refractivity contribution is 0.0232. The van der Waals surface area contributed by atoms with Crippen molar-refractivity contribution in [3.05, 3.63) is 41.1 Å². The van der Waals surface area contributed by atoms with Gasteiger partial charge >= 0.3 is 0 Å². The Balaban J connectivity index is 1.25. The first-order valence-corrected chi connectivity index (χ1v) is 10.8. The van der Waals surface area contributed by atoms with Crippen molar-refractivity contribution in [2.75, 3.05) is 31.1 Å². The second-order valence-electron chi connectivity index (χ2n) is 8.37. The van der Waals surface area contributed by atoms with Gasteiger partial charge in [-0.25, -0.2) is 0 Å². The molecule has 2 aliphatic rings. The molecule has 1 aromatic carbocycles. The van der Waals surface area contributed by atoms with Crippen LogP contribution >= 0.6 is 11.3 Å². The molecule has 148 valence electrons. The molecule has 1 spiro atoms. The molecule has 6 nitrogen and oxygen atoms in total. The summed E-state index contributed by atoms with van der Waals surface area (Å²) in [5.41, 5.74) is 1.13. The molecule has 4 heterocycles. The second kappa shape index (κ2) is 7.13. The summed E-state index contributed by atoms with van der Waals surface area (Å²) in [7, 11) is 0. The Bertz CT molecular complexity index is 927. The number of aliphatic hydroxyl groups is 1. The van der Waals surface area contributed by atoms with E-state index < -0.39 is 0 Å². The molecule has 2 aliphatic heterocycles. The van der Waals surface area contributed by atoms with E-state index >= 15 is 0 Å². The molecule has 2 aromatic heterocycles. The number of β-amino-alcohol motifs (C(OH)–C–C–N with tert-alkyl or cyclic N) is 1. The number of anilines is 1. The maximum Gasteiger partial charge on any atom is 0.208 e. The van der Waals surface area contributed by atoms with Gasteiger partial charge in [-0.1, -0.05) is 29.5 Å². The molecule has 2 saturated heterocycles. The Morgan fingerprint density at radius 1 is 1.25 bits per heavy atom. The van der Waals surface area contributed by atoms with E-state index in [1.807, 2.05) is 25.1 Å². The molecule has 1 unspecified atom stereocenters. The number of aromatic nitrogens is 2. The second-order valence-corrected chi connectivity index (χ2v) is 9.53. The van der Waals surface area contributed by atoms with Gasteiger partial charge in [-0.05, 0) is 56.8 Å². The monoisotopic (exact) mass is 398 g/mol. The number of fused-ring (bicyclic) bond motifs is 1. The summed E-state index contributed by atoms with van der Waals surface area (Å²) in [6.45, 7) is 6.54. The van der Waals surface area contributed by atoms with Gasteiger partial charge in [0.05, 0.1) is 12.6 Å². The Labute approximate surface area is 168 Å². The van der Waals surface area contributed by atoms with Crippen LogP contribution in [0.2, 0.25) is 0 Å². The number of aliphatic hydroxyl groups excluding tert-OH is 1. The SMILES string of the molecule is Cc1nnc(N2CC(O)CC3(CCN(Cc4cc5ccccc5o4)CC3)C2)s1. The number of aryl methyl sites for hydroxylation is 1. The molecule has 7 heteroatoms. The number of para-hydroxylation sites is 1. The highest BCUT2D eigenvalue weighted by Crippen LogP contribution is 2.42. The van der Waals surface area contributed by atoms with E-state index in [4.69, 9.17) is 4.42 Å². The first kappa shape index (κ1) is 18.1. The summed E-state index contributed by atoms with van der Waals surface area (Å²) >= 11 is 1.62. The van der Waals surface area contributed by atoms with Gasteiger partial charge in [0.15, 0.2) is 0 Å². The third-order valence-electron chi connectivity index (χ3n) is 6.18. The first-order valence-electron chi connectivity index (χ1n) is 10.0. The molecule has 1 atom stereocenters. The van der Waals surface area contributed by atoms with E-state index in [9.17, 15) is 5.11 Å². The van der Waals surface area contributed by atoms with Crippen LogP contribution < -0.4 is 4.90 Å². The minimum absolute atomic E-state index is 0.168. The molecule has 28 heavy (non-hydrogen) atoms. The van der Waals surface area contributed by atoms with Crippen LogP contribution in [0.4, 0.5) is 5.13 Å². The number of piperidine rings is 2. The Hall–Kier alpha value is -1.96. The lowest BCUT2D eigenvalue weighted by atomic mass is 9.71. The van der Waals surface area contributed by atoms with Crippen LogP contribution in [-0.4, -0.2) is 52.5 Å². The zero-order chi connectivity index (χ0) is 19.1. The van der Waals surface area contributed by atoms with Crippen LogP contribution in [0.15, 0.2) is 34.7 Å². The van der Waals surface area contributed by atoms with E-state index in [0.29, 0.717) is 6.54 Å². The quantitative estimate of drug-likeness (QED) is 0.729. The fourth-order valence-electron chi connectivity index (χ4n) is 4.80. The predicted molar refractivity (Wildman–Crippen MR) is 111 cm³/mol. The molecule has 1 N–H and O–H groups in total. The van der Waals surface area contributed by atoms with Crippen molar-refractivity contribution in [3.8, 4) is 0 Å². The molecule has 0 amide bonds. The van der Waals surface area contributed by atoms with Crippen molar-refractivity contribution in [2.24, 2.45) is 5.41 Å². The number of hydrogen-bond donors (Lipinski definition) is 1. The van der Waals surface area contributed by atoms with Crippen LogP contribution in [0.5, 0.6) is 0 Å². The highest BCUT2D eigenvalue weighted by Gasteiger charge is 2.42. The highest BCUT2D eigenvalue weighted by molar-refractivity contribution is 7.15. The highest BCUT2D eigenvalue weighted by atomic mass is 32.1. The smallest absolute Gasteiger partial charge is 0.208 e. The van der Waals surface area contributed by atoms with E-state index in [2.05, 4.69) is 32.1 Å². The minimum atomic E-state index is -0.292. The molecule has 0 radical (unpaired) electrons. The number of furan rings is 1. The fourth-order valence-corrected chi connectivity index (χ4v) is 5.49. The molecule has 0 aliphatic carbocycles. The van der Waals surface area contributed by atoms with Crippen molar-refractivity contribution in [2.45, 2.75) is 38.8 Å². The summed E-state index contributed by atoms with van der Waals surface area (Å²) in [5.74, 6) is 1.03. The van der Waals surface area contributed by atoms with Crippen molar-refractivity contribution >= 4 is 27.4 Å². The topological polar surface area (TPSA) is 65.6 Å². The van der Waals surface area contributed by atoms with Gasteiger partial charge < -0.3 is 14.4 Å². The summed E-state index contributed by atoms with van der Waals surface area (Å²) in [6, 6.07) is 10.3. The number of benzene rings is 1. The van der Waals surface area contributed by atoms with Gasteiger partial charge in [0.2, 0.25) is 5.13 Å². The zero-order valence-corrected chi connectivity index (χ0v) is 17.0. The standard InChI is InChI=1S/C21H26N4O2S/c1-15-22-23-20(28-15)25-12-17(26)11-21(14-25)6-8-24(9-7-21)13-18-10-16-4-2-3-5-19(16)27-18/h2-5,10,17,26H,6-9,11-14H2,1H3. The molecule has 5 rings (SSSR count). The lowest BCUT2D eigenvalue weighted by Crippen LogP contribution is -2.53. The Morgan fingerprint density at radius 3 is 2.82 bits per heavy atom. The average Bonchev–Trinajstić information content (AvgIpc) is 3.29. The van der Waals surface area contributed by atoms with Crippen molar-refractivity contribution < 1.29 is 9.52 Å². The Morgan fingerprint density at radius 2 is 2.07 bits per heavy atom. The third-order valence-corrected chi connectivity index (χ3v) is 7.08. The van der Waals surface area contributed by atoms with Crippen LogP contribution in [0.25, 0.3) is 11.0 Å². The van der Waals surface area contributed by atoms with E-state index in [-0.39, 0.29) is 11.5 Å². The molecular formula is C21H26N4O2S. The van der Waals surface area contributed by atoms with Gasteiger partial charge in [0.25, 0.3) is 0 Å². The lowest BCUT2D eigenvalue weighted by Gasteiger charge is -2.49. The van der Waals surface area contributed by atoms with Crippen molar-refractivity contribution in [1.82, 2.24) is 15.1 Å². The summed E-state index contributed by atoms with van der Waals surface area (Å²) < 4.78 is 6.00. The minimum Gasteiger partial charge on any atom is -0.460 e.